The van der Waals surface area contributed by atoms with E-state index in [-0.39, 0.29) is 72.0 Å². The third-order valence-corrected chi connectivity index (χ3v) is 12.3. The predicted molar refractivity (Wildman–Crippen MR) is 189 cm³/mol. The van der Waals surface area contributed by atoms with E-state index in [0.717, 1.165) is 63.0 Å². The summed E-state index contributed by atoms with van der Waals surface area (Å²) in [6.45, 7) is 3.41. The first-order chi connectivity index (χ1) is 24.8. The molecule has 4 aliphatic rings. The highest BCUT2D eigenvalue weighted by Crippen LogP contribution is 2.46. The van der Waals surface area contributed by atoms with E-state index in [4.69, 9.17) is 27.1 Å². The first-order valence-corrected chi connectivity index (χ1v) is 18.4. The fourth-order valence-electron chi connectivity index (χ4n) is 8.43. The second-order valence-corrected chi connectivity index (χ2v) is 15.3. The Morgan fingerprint density at radius 2 is 1.96 bits per heavy atom. The summed E-state index contributed by atoms with van der Waals surface area (Å²) in [5, 5.41) is 14.7. The molecule has 1 unspecified atom stereocenters. The number of anilines is 2. The number of ether oxygens (including phenoxy) is 1. The van der Waals surface area contributed by atoms with Crippen LogP contribution in [-0.4, -0.2) is 91.0 Å². The monoisotopic (exact) mass is 730 g/mol. The Morgan fingerprint density at radius 3 is 2.69 bits per heavy atom. The maximum absolute atomic E-state index is 17.1. The highest BCUT2D eigenvalue weighted by Gasteiger charge is 2.45. The molecular formula is C35H33ClF2N10O2S. The zero-order valence-corrected chi connectivity index (χ0v) is 29.1. The predicted octanol–water partition coefficient (Wildman–Crippen LogP) is 6.21. The van der Waals surface area contributed by atoms with E-state index in [1.807, 2.05) is 9.80 Å². The lowest BCUT2D eigenvalue weighted by atomic mass is 9.95. The van der Waals surface area contributed by atoms with Crippen molar-refractivity contribution < 1.29 is 18.3 Å². The fraction of sp³-hybridized carbons (Fsp3) is 0.429. The highest BCUT2D eigenvalue weighted by atomic mass is 35.5. The van der Waals surface area contributed by atoms with Gasteiger partial charge in [0.2, 0.25) is 0 Å². The van der Waals surface area contributed by atoms with E-state index < -0.39 is 11.6 Å². The largest absolute Gasteiger partial charge is 0.461 e. The van der Waals surface area contributed by atoms with Gasteiger partial charge in [-0.2, -0.15) is 25.0 Å². The van der Waals surface area contributed by atoms with Crippen molar-refractivity contribution in [1.82, 2.24) is 34.5 Å². The Kier molecular flexibility index (Phi) is 7.75. The van der Waals surface area contributed by atoms with Crippen LogP contribution in [0.5, 0.6) is 6.01 Å². The molecule has 1 amide bonds. The molecule has 9 rings (SSSR count). The van der Waals surface area contributed by atoms with Gasteiger partial charge in [-0.3, -0.25) is 4.90 Å². The van der Waals surface area contributed by atoms with Crippen LogP contribution in [0.2, 0.25) is 5.02 Å². The fourth-order valence-corrected chi connectivity index (χ4v) is 9.67. The van der Waals surface area contributed by atoms with Gasteiger partial charge in [0, 0.05) is 35.5 Å². The van der Waals surface area contributed by atoms with Crippen LogP contribution < -0.4 is 15.4 Å². The molecule has 51 heavy (non-hydrogen) atoms. The summed E-state index contributed by atoms with van der Waals surface area (Å²) in [7, 11) is 0. The Labute approximate surface area is 300 Å². The lowest BCUT2D eigenvalue weighted by Gasteiger charge is -2.31. The van der Waals surface area contributed by atoms with Gasteiger partial charge < -0.3 is 20.3 Å². The topological polar surface area (TPSA) is 142 Å². The number of fused-ring (bicyclic) bond motifs is 3. The SMILES string of the molecule is N#Cc1c(N)sc2c(F)ccc(-c3c(Cl)cc4c(N5CCC(N(C(=O)n6cncn6)C6CC6)C5)nc(OCC56CCCN5CCC6)nc4c3F)c12. The van der Waals surface area contributed by atoms with Gasteiger partial charge in [0.15, 0.2) is 5.82 Å². The smallest absolute Gasteiger partial charge is 0.346 e. The van der Waals surface area contributed by atoms with Crippen LogP contribution in [0.1, 0.15) is 50.5 Å². The van der Waals surface area contributed by atoms with E-state index in [0.29, 0.717) is 37.3 Å². The van der Waals surface area contributed by atoms with Gasteiger partial charge in [0.1, 0.15) is 47.5 Å². The molecule has 6 heterocycles. The number of halogens is 3. The molecule has 5 aromatic rings. The molecular weight excluding hydrogens is 698 g/mol. The third-order valence-electron chi connectivity index (χ3n) is 11.0. The molecule has 1 atom stereocenters. The third kappa shape index (κ3) is 5.25. The van der Waals surface area contributed by atoms with Gasteiger partial charge in [-0.1, -0.05) is 17.7 Å². The number of rotatable bonds is 7. The zero-order chi connectivity index (χ0) is 35.0. The number of amides is 1. The quantitative estimate of drug-likeness (QED) is 0.206. The van der Waals surface area contributed by atoms with Gasteiger partial charge >= 0.3 is 12.0 Å². The molecule has 262 valence electrons. The summed E-state index contributed by atoms with van der Waals surface area (Å²) in [5.74, 6) is -0.864. The Morgan fingerprint density at radius 1 is 1.16 bits per heavy atom. The first-order valence-electron chi connectivity index (χ1n) is 17.2. The zero-order valence-electron chi connectivity index (χ0n) is 27.5. The first kappa shape index (κ1) is 32.3. The van der Waals surface area contributed by atoms with Crippen LogP contribution in [-0.2, 0) is 0 Å². The lowest BCUT2D eigenvalue weighted by molar-refractivity contribution is 0.108. The lowest BCUT2D eigenvalue weighted by Crippen LogP contribution is -2.45. The van der Waals surface area contributed by atoms with Crippen LogP contribution in [0.4, 0.5) is 24.4 Å². The molecule has 3 aliphatic heterocycles. The number of thiophene rings is 1. The number of carbonyl (C=O) groups is 1. The number of nitrogen functional groups attached to an aromatic ring is 1. The van der Waals surface area contributed by atoms with Crippen LogP contribution in [0.15, 0.2) is 30.9 Å². The molecule has 0 bridgehead atoms. The van der Waals surface area contributed by atoms with E-state index in [1.165, 1.54) is 29.5 Å². The minimum atomic E-state index is -0.745. The second kappa shape index (κ2) is 12.2. The number of nitrogens with two attached hydrogens (primary N) is 1. The van der Waals surface area contributed by atoms with Gasteiger partial charge in [-0.15, -0.1) is 11.3 Å². The summed E-state index contributed by atoms with van der Waals surface area (Å²) >= 11 is 7.85. The van der Waals surface area contributed by atoms with Crippen LogP contribution >= 0.6 is 22.9 Å². The van der Waals surface area contributed by atoms with Crippen LogP contribution in [0, 0.1) is 23.0 Å². The van der Waals surface area contributed by atoms with Crippen molar-refractivity contribution in [3.05, 3.63) is 53.1 Å². The highest BCUT2D eigenvalue weighted by molar-refractivity contribution is 7.23. The number of hydrogen-bond acceptors (Lipinski definition) is 11. The molecule has 0 radical (unpaired) electrons. The number of nitriles is 1. The van der Waals surface area contributed by atoms with Gasteiger partial charge in [0.05, 0.1) is 26.9 Å². The Bertz CT molecular complexity index is 2250. The van der Waals surface area contributed by atoms with Crippen molar-refractivity contribution in [2.75, 3.05) is 43.4 Å². The molecule has 2 aromatic carbocycles. The summed E-state index contributed by atoms with van der Waals surface area (Å²) in [5.41, 5.74) is 6.27. The number of aromatic nitrogens is 5. The minimum Gasteiger partial charge on any atom is -0.461 e. The average molecular weight is 731 g/mol. The molecule has 16 heteroatoms. The van der Waals surface area contributed by atoms with E-state index in [9.17, 15) is 14.4 Å². The van der Waals surface area contributed by atoms with Gasteiger partial charge in [-0.25, -0.2) is 18.6 Å². The number of nitrogens with zero attached hydrogens (tertiary/aromatic N) is 9. The van der Waals surface area contributed by atoms with Gasteiger partial charge in [0.25, 0.3) is 0 Å². The number of hydrogen-bond donors (Lipinski definition) is 1. The van der Waals surface area contributed by atoms with E-state index in [2.05, 4.69) is 26.0 Å². The summed E-state index contributed by atoms with van der Waals surface area (Å²) in [4.78, 5) is 33.4. The molecule has 3 aromatic heterocycles. The molecule has 3 saturated heterocycles. The summed E-state index contributed by atoms with van der Waals surface area (Å²) in [6.07, 6.45) is 9.43. The van der Waals surface area contributed by atoms with E-state index in [1.54, 1.807) is 6.07 Å². The van der Waals surface area contributed by atoms with Crippen molar-refractivity contribution in [3.8, 4) is 23.2 Å². The molecule has 2 N–H and O–H groups in total. The van der Waals surface area contributed by atoms with Crippen molar-refractivity contribution >= 4 is 60.8 Å². The molecule has 4 fully saturated rings. The standard InChI is InChI=1S/C35H33ClF2N10O2S/c36-24-13-22-29(28(38)27(24)21-5-6-25(37)30-26(21)23(14-39)31(40)51-30)43-33(50-16-35-8-1-10-46(35)11-2-9-35)44-32(22)45-12-7-20(15-45)48(19-3-4-19)34(49)47-18-41-17-42-47/h5-6,13,17-20H,1-4,7-12,15-16,40H2. The van der Waals surface area contributed by atoms with E-state index >= 15 is 4.39 Å². The average Bonchev–Trinajstić information content (AvgIpc) is 3.62. The van der Waals surface area contributed by atoms with Crippen molar-refractivity contribution in [2.24, 2.45) is 0 Å². The van der Waals surface area contributed by atoms with Gasteiger partial charge in [-0.05, 0) is 75.7 Å². The summed E-state index contributed by atoms with van der Waals surface area (Å²) in [6, 6.07) is 6.08. The normalized spacial score (nSPS) is 20.0. The van der Waals surface area contributed by atoms with Crippen LogP contribution in [0.25, 0.3) is 32.1 Å². The molecule has 1 saturated carbocycles. The Hall–Kier alpha value is -4.65. The van der Waals surface area contributed by atoms with Crippen molar-refractivity contribution in [2.45, 2.75) is 62.6 Å². The summed E-state index contributed by atoms with van der Waals surface area (Å²) < 4.78 is 39.9. The van der Waals surface area contributed by atoms with Crippen molar-refractivity contribution in [1.29, 1.82) is 5.26 Å². The minimum absolute atomic E-state index is 0.0121. The molecule has 12 nitrogen and oxygen atoms in total. The second-order valence-electron chi connectivity index (χ2n) is 13.9. The Balaban J connectivity index is 1.15. The maximum atomic E-state index is 17.1. The molecule has 0 spiro atoms. The molecule has 1 aliphatic carbocycles. The van der Waals surface area contributed by atoms with Crippen LogP contribution in [0.3, 0.4) is 0 Å². The van der Waals surface area contributed by atoms with Crippen molar-refractivity contribution in [3.63, 3.8) is 0 Å². The number of benzene rings is 2. The number of carbonyl (C=O) groups excluding carboxylic acids is 1. The maximum Gasteiger partial charge on any atom is 0.346 e.